The molecule has 6 heteroatoms. The van der Waals surface area contributed by atoms with E-state index in [1.165, 1.54) is 17.0 Å². The average molecular weight is 263 g/mol. The van der Waals surface area contributed by atoms with Crippen molar-refractivity contribution in [3.8, 4) is 0 Å². The molecule has 0 radical (unpaired) electrons. The van der Waals surface area contributed by atoms with Crippen molar-refractivity contribution in [1.82, 2.24) is 9.88 Å². The number of amides is 1. The number of carbonyl (C=O) groups is 1. The van der Waals surface area contributed by atoms with Gasteiger partial charge in [-0.05, 0) is 19.1 Å². The lowest BCUT2D eigenvalue weighted by Crippen LogP contribution is -2.37. The smallest absolute Gasteiger partial charge is 0.257 e. The highest BCUT2D eigenvalue weighted by molar-refractivity contribution is 6.34. The van der Waals surface area contributed by atoms with E-state index in [0.29, 0.717) is 0 Å². The molecule has 16 heavy (non-hydrogen) atoms. The second-order valence-electron chi connectivity index (χ2n) is 3.42. The first-order chi connectivity index (χ1) is 7.47. The molecule has 1 N–H and O–H groups in total. The van der Waals surface area contributed by atoms with Crippen molar-refractivity contribution in [2.45, 2.75) is 13.0 Å². The zero-order valence-electron chi connectivity index (χ0n) is 8.94. The van der Waals surface area contributed by atoms with Gasteiger partial charge in [0.1, 0.15) is 10.3 Å². The number of halogens is 2. The molecule has 1 aromatic rings. The molecule has 0 saturated heterocycles. The van der Waals surface area contributed by atoms with Gasteiger partial charge in [-0.3, -0.25) is 4.79 Å². The van der Waals surface area contributed by atoms with Gasteiger partial charge in [0.25, 0.3) is 5.91 Å². The van der Waals surface area contributed by atoms with Gasteiger partial charge in [-0.2, -0.15) is 0 Å². The van der Waals surface area contributed by atoms with Crippen LogP contribution >= 0.6 is 23.2 Å². The van der Waals surface area contributed by atoms with E-state index in [9.17, 15) is 4.79 Å². The minimum absolute atomic E-state index is 0.0643. The summed E-state index contributed by atoms with van der Waals surface area (Å²) in [5.74, 6) is -0.296. The Balaban J connectivity index is 2.96. The lowest BCUT2D eigenvalue weighted by atomic mass is 10.2. The van der Waals surface area contributed by atoms with Crippen LogP contribution in [0.2, 0.25) is 10.3 Å². The summed E-state index contributed by atoms with van der Waals surface area (Å²) in [5.41, 5.74) is 0.272. The van der Waals surface area contributed by atoms with Gasteiger partial charge in [-0.25, -0.2) is 4.98 Å². The lowest BCUT2D eigenvalue weighted by molar-refractivity contribution is 0.0682. The summed E-state index contributed by atoms with van der Waals surface area (Å²) in [4.78, 5) is 17.1. The molecule has 0 aromatic carbocycles. The highest BCUT2D eigenvalue weighted by atomic mass is 35.5. The maximum absolute atomic E-state index is 11.9. The number of rotatable bonds is 3. The monoisotopic (exact) mass is 262 g/mol. The van der Waals surface area contributed by atoms with E-state index in [-0.39, 0.29) is 34.4 Å². The van der Waals surface area contributed by atoms with Crippen LogP contribution in [-0.2, 0) is 0 Å². The molecular formula is C10H12Cl2N2O2. The van der Waals surface area contributed by atoms with Crippen LogP contribution in [0.25, 0.3) is 0 Å². The van der Waals surface area contributed by atoms with Crippen molar-refractivity contribution in [1.29, 1.82) is 0 Å². The summed E-state index contributed by atoms with van der Waals surface area (Å²) < 4.78 is 0. The molecule has 1 amide bonds. The van der Waals surface area contributed by atoms with E-state index >= 15 is 0 Å². The molecule has 0 aliphatic rings. The number of pyridine rings is 1. The fourth-order valence-electron chi connectivity index (χ4n) is 1.08. The summed E-state index contributed by atoms with van der Waals surface area (Å²) >= 11 is 11.4. The first-order valence-electron chi connectivity index (χ1n) is 4.67. The fourth-order valence-corrected chi connectivity index (χ4v) is 1.51. The molecule has 88 valence electrons. The Morgan fingerprint density at radius 2 is 2.19 bits per heavy atom. The quantitative estimate of drug-likeness (QED) is 0.846. The molecule has 0 fully saturated rings. The Labute approximate surface area is 104 Å². The molecule has 1 aromatic heterocycles. The Hall–Kier alpha value is -0.840. The third-order valence-electron chi connectivity index (χ3n) is 2.29. The number of likely N-dealkylation sites (N-methyl/N-ethyl adjacent to an activating group) is 1. The van der Waals surface area contributed by atoms with E-state index < -0.39 is 0 Å². The Morgan fingerprint density at radius 1 is 1.56 bits per heavy atom. The van der Waals surface area contributed by atoms with Crippen molar-refractivity contribution in [3.63, 3.8) is 0 Å². The third kappa shape index (κ3) is 2.84. The molecule has 0 saturated carbocycles. The molecular weight excluding hydrogens is 251 g/mol. The van der Waals surface area contributed by atoms with Crippen molar-refractivity contribution < 1.29 is 9.90 Å². The van der Waals surface area contributed by atoms with Gasteiger partial charge < -0.3 is 10.0 Å². The van der Waals surface area contributed by atoms with Crippen LogP contribution in [-0.4, -0.2) is 40.6 Å². The number of hydrogen-bond donors (Lipinski definition) is 1. The summed E-state index contributed by atoms with van der Waals surface area (Å²) in [6.45, 7) is 1.62. The lowest BCUT2D eigenvalue weighted by Gasteiger charge is -2.23. The summed E-state index contributed by atoms with van der Waals surface area (Å²) in [6.07, 6.45) is 0. The van der Waals surface area contributed by atoms with Gasteiger partial charge in [0, 0.05) is 7.05 Å². The van der Waals surface area contributed by atoms with Gasteiger partial charge in [-0.15, -0.1) is 0 Å². The third-order valence-corrected chi connectivity index (χ3v) is 2.79. The van der Waals surface area contributed by atoms with E-state index in [4.69, 9.17) is 28.3 Å². The second kappa shape index (κ2) is 5.48. The van der Waals surface area contributed by atoms with Crippen molar-refractivity contribution in [2.24, 2.45) is 0 Å². The van der Waals surface area contributed by atoms with Gasteiger partial charge in [0.2, 0.25) is 0 Å². The second-order valence-corrected chi connectivity index (χ2v) is 4.17. The van der Waals surface area contributed by atoms with Gasteiger partial charge in [0.15, 0.2) is 0 Å². The van der Waals surface area contributed by atoms with Crippen LogP contribution in [0.5, 0.6) is 0 Å². The maximum atomic E-state index is 11.9. The number of aliphatic hydroxyl groups is 1. The zero-order chi connectivity index (χ0) is 12.3. The summed E-state index contributed by atoms with van der Waals surface area (Å²) in [7, 11) is 1.59. The zero-order valence-corrected chi connectivity index (χ0v) is 10.5. The predicted molar refractivity (Wildman–Crippen MR) is 62.9 cm³/mol. The van der Waals surface area contributed by atoms with E-state index in [0.717, 1.165) is 0 Å². The molecule has 1 atom stereocenters. The summed E-state index contributed by atoms with van der Waals surface area (Å²) in [6, 6.07) is 2.73. The fraction of sp³-hybridized carbons (Fsp3) is 0.400. The maximum Gasteiger partial charge on any atom is 0.257 e. The number of carbonyl (C=O) groups excluding carboxylic acids is 1. The molecule has 1 heterocycles. The van der Waals surface area contributed by atoms with Crippen molar-refractivity contribution in [3.05, 3.63) is 28.0 Å². The Morgan fingerprint density at radius 3 is 2.69 bits per heavy atom. The summed E-state index contributed by atoms with van der Waals surface area (Å²) in [5, 5.41) is 9.25. The Bertz CT molecular complexity index is 398. The van der Waals surface area contributed by atoms with Gasteiger partial charge >= 0.3 is 0 Å². The van der Waals surface area contributed by atoms with E-state index in [2.05, 4.69) is 4.98 Å². The first-order valence-corrected chi connectivity index (χ1v) is 5.43. The van der Waals surface area contributed by atoms with E-state index in [1.807, 2.05) is 0 Å². The van der Waals surface area contributed by atoms with Crippen LogP contribution in [0.4, 0.5) is 0 Å². The molecule has 0 spiro atoms. The van der Waals surface area contributed by atoms with E-state index in [1.54, 1.807) is 14.0 Å². The molecule has 1 unspecified atom stereocenters. The SMILES string of the molecule is CC(CO)N(C)C(=O)c1ccc(Cl)nc1Cl. The first kappa shape index (κ1) is 13.2. The number of hydrogen-bond acceptors (Lipinski definition) is 3. The average Bonchev–Trinajstić information content (AvgIpc) is 2.26. The number of nitrogens with zero attached hydrogens (tertiary/aromatic N) is 2. The highest BCUT2D eigenvalue weighted by Gasteiger charge is 2.19. The molecule has 0 bridgehead atoms. The van der Waals surface area contributed by atoms with Crippen molar-refractivity contribution in [2.75, 3.05) is 13.7 Å². The minimum Gasteiger partial charge on any atom is -0.394 e. The van der Waals surface area contributed by atoms with Crippen LogP contribution in [0.3, 0.4) is 0 Å². The van der Waals surface area contributed by atoms with Crippen LogP contribution < -0.4 is 0 Å². The van der Waals surface area contributed by atoms with Crippen molar-refractivity contribution >= 4 is 29.1 Å². The molecule has 0 aliphatic heterocycles. The number of aliphatic hydroxyl groups excluding tert-OH is 1. The molecule has 4 nitrogen and oxygen atoms in total. The molecule has 1 rings (SSSR count). The molecule has 0 aliphatic carbocycles. The van der Waals surface area contributed by atoms with Gasteiger partial charge in [-0.1, -0.05) is 23.2 Å². The predicted octanol–water partition coefficient (Wildman–Crippen LogP) is 1.84. The normalized spacial score (nSPS) is 12.3. The topological polar surface area (TPSA) is 53.4 Å². The van der Waals surface area contributed by atoms with Crippen LogP contribution in [0, 0.1) is 0 Å². The highest BCUT2D eigenvalue weighted by Crippen LogP contribution is 2.18. The van der Waals surface area contributed by atoms with Crippen LogP contribution in [0.1, 0.15) is 17.3 Å². The van der Waals surface area contributed by atoms with Crippen LogP contribution in [0.15, 0.2) is 12.1 Å². The van der Waals surface area contributed by atoms with Gasteiger partial charge in [0.05, 0.1) is 18.2 Å². The number of aromatic nitrogens is 1. The largest absolute Gasteiger partial charge is 0.394 e. The Kier molecular flexibility index (Phi) is 4.53. The standard InChI is InChI=1S/C10H12Cl2N2O2/c1-6(5-15)14(2)10(16)7-3-4-8(11)13-9(7)12/h3-4,6,15H,5H2,1-2H3. The minimum atomic E-state index is -0.296.